The molecule has 1 aromatic rings. The van der Waals surface area contributed by atoms with Gasteiger partial charge in [-0.25, -0.2) is 0 Å². The number of hydrogen-bond donors (Lipinski definition) is 2. The van der Waals surface area contributed by atoms with Crippen LogP contribution in [0.2, 0.25) is 0 Å². The Labute approximate surface area is 81.3 Å². The number of aromatic nitrogens is 1. The molecule has 2 N–H and O–H groups in total. The summed E-state index contributed by atoms with van der Waals surface area (Å²) in [5.41, 5.74) is 1.06. The summed E-state index contributed by atoms with van der Waals surface area (Å²) in [5, 5.41) is 19.3. The predicted octanol–water partition coefficient (Wildman–Crippen LogP) is 0.578. The van der Waals surface area contributed by atoms with Crippen molar-refractivity contribution in [2.24, 2.45) is 4.99 Å². The molecule has 0 spiro atoms. The van der Waals surface area contributed by atoms with E-state index in [2.05, 4.69) is 9.98 Å². The molecule has 4 nitrogen and oxygen atoms in total. The first kappa shape index (κ1) is 9.05. The zero-order chi connectivity index (χ0) is 10.0. The number of hydrogen-bond acceptors (Lipinski definition) is 4. The lowest BCUT2D eigenvalue weighted by Gasteiger charge is -2.25. The van der Waals surface area contributed by atoms with Crippen molar-refractivity contribution in [2.75, 3.05) is 0 Å². The summed E-state index contributed by atoms with van der Waals surface area (Å²) in [6.07, 6.45) is 6.23. The largest absolute Gasteiger partial charge is 0.362 e. The Balaban J connectivity index is 2.43. The van der Waals surface area contributed by atoms with E-state index in [-0.39, 0.29) is 6.42 Å². The lowest BCUT2D eigenvalue weighted by atomic mass is 9.96. The third-order valence-electron chi connectivity index (χ3n) is 2.09. The fourth-order valence-corrected chi connectivity index (χ4v) is 1.35. The second-order valence-electron chi connectivity index (χ2n) is 3.14. The van der Waals surface area contributed by atoms with E-state index in [1.807, 2.05) is 0 Å². The molecule has 4 heteroatoms. The topological polar surface area (TPSA) is 65.7 Å². The fraction of sp³-hybridized carbons (Fsp3) is 0.200. The lowest BCUT2D eigenvalue weighted by Crippen LogP contribution is -2.31. The summed E-state index contributed by atoms with van der Waals surface area (Å²) >= 11 is 0. The number of aliphatic hydroxyl groups is 2. The van der Waals surface area contributed by atoms with Gasteiger partial charge >= 0.3 is 0 Å². The van der Waals surface area contributed by atoms with E-state index in [9.17, 15) is 10.2 Å². The van der Waals surface area contributed by atoms with Gasteiger partial charge in [0.2, 0.25) is 0 Å². The summed E-state index contributed by atoms with van der Waals surface area (Å²) in [5.74, 6) is -1.83. The molecule has 0 saturated carbocycles. The molecule has 2 rings (SSSR count). The Bertz CT molecular complexity index is 382. The lowest BCUT2D eigenvalue weighted by molar-refractivity contribution is -0.101. The van der Waals surface area contributed by atoms with Crippen LogP contribution in [0.3, 0.4) is 0 Å². The monoisotopic (exact) mass is 190 g/mol. The molecule has 0 aromatic carbocycles. The summed E-state index contributed by atoms with van der Waals surface area (Å²) in [4.78, 5) is 7.81. The van der Waals surface area contributed by atoms with Crippen LogP contribution in [0.1, 0.15) is 12.0 Å². The van der Waals surface area contributed by atoms with E-state index in [1.54, 1.807) is 24.5 Å². The van der Waals surface area contributed by atoms with Crippen molar-refractivity contribution in [3.63, 3.8) is 0 Å². The van der Waals surface area contributed by atoms with Crippen molar-refractivity contribution in [2.45, 2.75) is 12.2 Å². The minimum Gasteiger partial charge on any atom is -0.362 e. The molecule has 0 atom stereocenters. The fourth-order valence-electron chi connectivity index (χ4n) is 1.35. The van der Waals surface area contributed by atoms with Gasteiger partial charge in [0.15, 0.2) is 5.79 Å². The van der Waals surface area contributed by atoms with Crippen molar-refractivity contribution in [3.8, 4) is 0 Å². The van der Waals surface area contributed by atoms with Gasteiger partial charge in [0.1, 0.15) is 0 Å². The van der Waals surface area contributed by atoms with E-state index in [4.69, 9.17) is 0 Å². The summed E-state index contributed by atoms with van der Waals surface area (Å²) in [6.45, 7) is 0. The van der Waals surface area contributed by atoms with Crippen LogP contribution in [-0.2, 0) is 0 Å². The highest BCUT2D eigenvalue weighted by Crippen LogP contribution is 2.29. The first-order valence-corrected chi connectivity index (χ1v) is 4.27. The van der Waals surface area contributed by atoms with Crippen LogP contribution in [0.25, 0.3) is 5.57 Å². The highest BCUT2D eigenvalue weighted by Gasteiger charge is 2.30. The molecule has 2 heterocycles. The highest BCUT2D eigenvalue weighted by atomic mass is 16.5. The standard InChI is InChI=1S/C10H10N2O2/c13-10(14)3-5-12-7-9(10)8-2-1-4-11-6-8/h1-2,4-7,13-14H,3H2. The van der Waals surface area contributed by atoms with E-state index < -0.39 is 5.79 Å². The molecule has 72 valence electrons. The molecule has 0 bridgehead atoms. The molecular formula is C10H10N2O2. The van der Waals surface area contributed by atoms with Crippen LogP contribution in [0.4, 0.5) is 0 Å². The molecule has 1 aliphatic heterocycles. The molecule has 14 heavy (non-hydrogen) atoms. The maximum atomic E-state index is 9.66. The van der Waals surface area contributed by atoms with Crippen LogP contribution in [0, 0.1) is 0 Å². The maximum Gasteiger partial charge on any atom is 0.197 e. The molecule has 0 aliphatic carbocycles. The zero-order valence-electron chi connectivity index (χ0n) is 7.46. The van der Waals surface area contributed by atoms with Gasteiger partial charge in [0.05, 0.1) is 0 Å². The van der Waals surface area contributed by atoms with Crippen molar-refractivity contribution < 1.29 is 10.2 Å². The van der Waals surface area contributed by atoms with Crippen LogP contribution >= 0.6 is 0 Å². The van der Waals surface area contributed by atoms with Crippen LogP contribution in [0.5, 0.6) is 0 Å². The van der Waals surface area contributed by atoms with Gasteiger partial charge in [-0.3, -0.25) is 9.98 Å². The Morgan fingerprint density at radius 3 is 2.86 bits per heavy atom. The second-order valence-corrected chi connectivity index (χ2v) is 3.14. The molecule has 1 aliphatic rings. The maximum absolute atomic E-state index is 9.66. The van der Waals surface area contributed by atoms with Crippen LogP contribution < -0.4 is 0 Å². The van der Waals surface area contributed by atoms with Gasteiger partial charge in [-0.05, 0) is 6.07 Å². The SMILES string of the molecule is OC1(O)CC=NC=C1c1cccnc1. The third kappa shape index (κ3) is 1.57. The normalized spacial score (nSPS) is 19.1. The Morgan fingerprint density at radius 1 is 1.36 bits per heavy atom. The summed E-state index contributed by atoms with van der Waals surface area (Å²) in [6, 6.07) is 3.51. The van der Waals surface area contributed by atoms with Gasteiger partial charge < -0.3 is 10.2 Å². The molecule has 1 aromatic heterocycles. The van der Waals surface area contributed by atoms with Crippen molar-refractivity contribution in [3.05, 3.63) is 36.3 Å². The quantitative estimate of drug-likeness (QED) is 0.636. The predicted molar refractivity (Wildman–Crippen MR) is 52.5 cm³/mol. The first-order chi connectivity index (χ1) is 6.70. The molecule has 0 saturated heterocycles. The van der Waals surface area contributed by atoms with E-state index in [0.29, 0.717) is 11.1 Å². The van der Waals surface area contributed by atoms with E-state index >= 15 is 0 Å². The average molecular weight is 190 g/mol. The van der Waals surface area contributed by atoms with Crippen molar-refractivity contribution >= 4 is 11.8 Å². The summed E-state index contributed by atoms with van der Waals surface area (Å²) in [7, 11) is 0. The number of pyridine rings is 1. The Kier molecular flexibility index (Phi) is 2.15. The first-order valence-electron chi connectivity index (χ1n) is 4.27. The van der Waals surface area contributed by atoms with Crippen LogP contribution in [-0.4, -0.2) is 27.2 Å². The number of aliphatic imine (C=N–C) groups is 1. The summed E-state index contributed by atoms with van der Waals surface area (Å²) < 4.78 is 0. The Morgan fingerprint density at radius 2 is 2.21 bits per heavy atom. The highest BCUT2D eigenvalue weighted by molar-refractivity contribution is 5.78. The molecule has 0 unspecified atom stereocenters. The van der Waals surface area contributed by atoms with E-state index in [1.165, 1.54) is 12.4 Å². The minimum atomic E-state index is -1.83. The zero-order valence-corrected chi connectivity index (χ0v) is 7.46. The smallest absolute Gasteiger partial charge is 0.197 e. The minimum absolute atomic E-state index is 0.105. The van der Waals surface area contributed by atoms with Crippen molar-refractivity contribution in [1.29, 1.82) is 0 Å². The molecule has 0 fully saturated rings. The molecule has 0 radical (unpaired) electrons. The van der Waals surface area contributed by atoms with Gasteiger partial charge in [-0.1, -0.05) is 6.07 Å². The number of nitrogens with zero attached hydrogens (tertiary/aromatic N) is 2. The molecule has 0 amide bonds. The van der Waals surface area contributed by atoms with Gasteiger partial charge in [0, 0.05) is 42.4 Å². The molecular weight excluding hydrogens is 180 g/mol. The van der Waals surface area contributed by atoms with E-state index in [0.717, 1.165) is 0 Å². The second kappa shape index (κ2) is 3.32. The van der Waals surface area contributed by atoms with Gasteiger partial charge in [-0.15, -0.1) is 0 Å². The third-order valence-corrected chi connectivity index (χ3v) is 2.09. The van der Waals surface area contributed by atoms with Crippen LogP contribution in [0.15, 0.2) is 35.7 Å². The Hall–Kier alpha value is -1.52. The number of rotatable bonds is 1. The van der Waals surface area contributed by atoms with Gasteiger partial charge in [0.25, 0.3) is 0 Å². The van der Waals surface area contributed by atoms with Crippen molar-refractivity contribution in [1.82, 2.24) is 4.98 Å². The average Bonchev–Trinajstić information content (AvgIpc) is 2.18. The van der Waals surface area contributed by atoms with Gasteiger partial charge in [-0.2, -0.15) is 0 Å².